The number of hydrogen-bond donors (Lipinski definition) is 0. The van der Waals surface area contributed by atoms with Crippen molar-refractivity contribution in [3.63, 3.8) is 0 Å². The minimum atomic E-state index is 0.0550. The Morgan fingerprint density at radius 3 is 3.04 bits per heavy atom. The molecule has 1 aliphatic heterocycles. The predicted molar refractivity (Wildman–Crippen MR) is 82.4 cm³/mol. The van der Waals surface area contributed by atoms with Crippen molar-refractivity contribution in [3.8, 4) is 0 Å². The smallest absolute Gasteiger partial charge is 0.227 e. The van der Waals surface area contributed by atoms with E-state index in [1.807, 2.05) is 24.8 Å². The van der Waals surface area contributed by atoms with Crippen molar-refractivity contribution in [1.29, 1.82) is 0 Å². The molecule has 122 valence electrons. The van der Waals surface area contributed by atoms with Crippen molar-refractivity contribution in [1.82, 2.24) is 25.0 Å². The highest BCUT2D eigenvalue weighted by Gasteiger charge is 2.30. The highest BCUT2D eigenvalue weighted by molar-refractivity contribution is 5.77. The largest absolute Gasteiger partial charge is 0.339 e. The van der Waals surface area contributed by atoms with Gasteiger partial charge in [-0.3, -0.25) is 4.79 Å². The van der Waals surface area contributed by atoms with Crippen LogP contribution in [0.5, 0.6) is 0 Å². The number of amides is 1. The summed E-state index contributed by atoms with van der Waals surface area (Å²) >= 11 is 0. The first-order valence-electron chi connectivity index (χ1n) is 8.03. The van der Waals surface area contributed by atoms with Gasteiger partial charge in [0.1, 0.15) is 6.33 Å². The van der Waals surface area contributed by atoms with Crippen molar-refractivity contribution in [2.75, 3.05) is 6.54 Å². The molecule has 3 rings (SSSR count). The maximum Gasteiger partial charge on any atom is 0.227 e. The van der Waals surface area contributed by atoms with E-state index in [0.717, 1.165) is 25.1 Å². The fourth-order valence-electron chi connectivity index (χ4n) is 2.83. The molecule has 0 spiro atoms. The lowest BCUT2D eigenvalue weighted by Gasteiger charge is -2.24. The zero-order valence-corrected chi connectivity index (χ0v) is 13.5. The van der Waals surface area contributed by atoms with Crippen LogP contribution in [0.2, 0.25) is 0 Å². The number of hydrogen-bond acceptors (Lipinski definition) is 6. The van der Waals surface area contributed by atoms with Gasteiger partial charge in [0.05, 0.1) is 11.7 Å². The standard InChI is InChI=1S/C16H21N5O2/c1-11(2)16-19-14(23-20-16)5-6-15(22)21-9-3-4-13(21)12-7-8-17-10-18-12/h7-8,10-11,13H,3-6,9H2,1-2H3. The molecule has 0 N–H and O–H groups in total. The minimum absolute atomic E-state index is 0.0550. The number of rotatable bonds is 5. The highest BCUT2D eigenvalue weighted by atomic mass is 16.5. The Morgan fingerprint density at radius 1 is 1.48 bits per heavy atom. The van der Waals surface area contributed by atoms with E-state index in [1.165, 1.54) is 6.33 Å². The van der Waals surface area contributed by atoms with Crippen molar-refractivity contribution >= 4 is 5.91 Å². The van der Waals surface area contributed by atoms with Crippen molar-refractivity contribution in [2.24, 2.45) is 0 Å². The topological polar surface area (TPSA) is 85.0 Å². The molecule has 1 aliphatic rings. The van der Waals surface area contributed by atoms with E-state index in [-0.39, 0.29) is 17.9 Å². The molecule has 0 aliphatic carbocycles. The summed E-state index contributed by atoms with van der Waals surface area (Å²) < 4.78 is 5.20. The van der Waals surface area contributed by atoms with E-state index >= 15 is 0 Å². The second-order valence-electron chi connectivity index (χ2n) is 6.08. The predicted octanol–water partition coefficient (Wildman–Crippen LogP) is 2.28. The summed E-state index contributed by atoms with van der Waals surface area (Å²) in [6, 6.07) is 1.93. The molecule has 2 aromatic rings. The van der Waals surface area contributed by atoms with Crippen molar-refractivity contribution in [2.45, 2.75) is 51.5 Å². The van der Waals surface area contributed by atoms with E-state index in [4.69, 9.17) is 4.52 Å². The average Bonchev–Trinajstić information content (AvgIpc) is 3.23. The summed E-state index contributed by atoms with van der Waals surface area (Å²) in [5, 5.41) is 3.93. The Morgan fingerprint density at radius 2 is 2.35 bits per heavy atom. The number of carbonyl (C=O) groups excluding carboxylic acids is 1. The molecule has 0 saturated carbocycles. The number of carbonyl (C=O) groups is 1. The molecule has 0 radical (unpaired) electrons. The van der Waals surface area contributed by atoms with Gasteiger partial charge in [0.2, 0.25) is 11.8 Å². The van der Waals surface area contributed by atoms with Crippen LogP contribution in [0.4, 0.5) is 0 Å². The fourth-order valence-corrected chi connectivity index (χ4v) is 2.83. The van der Waals surface area contributed by atoms with E-state index in [0.29, 0.717) is 24.6 Å². The van der Waals surface area contributed by atoms with Gasteiger partial charge in [-0.1, -0.05) is 19.0 Å². The molecule has 1 fully saturated rings. The van der Waals surface area contributed by atoms with Crippen LogP contribution >= 0.6 is 0 Å². The normalized spacial score (nSPS) is 17.9. The van der Waals surface area contributed by atoms with Gasteiger partial charge < -0.3 is 9.42 Å². The van der Waals surface area contributed by atoms with Gasteiger partial charge in [-0.2, -0.15) is 4.98 Å². The lowest BCUT2D eigenvalue weighted by molar-refractivity contribution is -0.132. The van der Waals surface area contributed by atoms with Crippen LogP contribution in [0.15, 0.2) is 23.1 Å². The highest BCUT2D eigenvalue weighted by Crippen LogP contribution is 2.31. The van der Waals surface area contributed by atoms with Gasteiger partial charge in [0.25, 0.3) is 0 Å². The number of nitrogens with zero attached hydrogens (tertiary/aromatic N) is 5. The summed E-state index contributed by atoms with van der Waals surface area (Å²) in [5.74, 6) is 1.55. The third kappa shape index (κ3) is 3.55. The molecular weight excluding hydrogens is 294 g/mol. The molecule has 23 heavy (non-hydrogen) atoms. The van der Waals surface area contributed by atoms with Crippen LogP contribution in [0.25, 0.3) is 0 Å². The Kier molecular flexibility index (Phi) is 4.64. The first-order chi connectivity index (χ1) is 11.1. The Hall–Kier alpha value is -2.31. The van der Waals surface area contributed by atoms with Crippen LogP contribution in [0.3, 0.4) is 0 Å². The van der Waals surface area contributed by atoms with Gasteiger partial charge >= 0.3 is 0 Å². The minimum Gasteiger partial charge on any atom is -0.339 e. The molecule has 3 heterocycles. The Balaban J connectivity index is 1.61. The Bertz CT molecular complexity index is 656. The van der Waals surface area contributed by atoms with Gasteiger partial charge in [-0.25, -0.2) is 9.97 Å². The molecular formula is C16H21N5O2. The maximum absolute atomic E-state index is 12.5. The van der Waals surface area contributed by atoms with Gasteiger partial charge in [-0.05, 0) is 18.9 Å². The second kappa shape index (κ2) is 6.85. The van der Waals surface area contributed by atoms with Gasteiger partial charge in [0, 0.05) is 31.5 Å². The first-order valence-corrected chi connectivity index (χ1v) is 8.03. The van der Waals surface area contributed by atoms with E-state index in [1.54, 1.807) is 6.20 Å². The number of aromatic nitrogens is 4. The molecule has 0 bridgehead atoms. The van der Waals surface area contributed by atoms with Crippen LogP contribution in [-0.2, 0) is 11.2 Å². The molecule has 1 amide bonds. The summed E-state index contributed by atoms with van der Waals surface area (Å²) in [4.78, 5) is 27.0. The SMILES string of the molecule is CC(C)c1noc(CCC(=O)N2CCCC2c2ccncn2)n1. The maximum atomic E-state index is 12.5. The van der Waals surface area contributed by atoms with Gasteiger partial charge in [0.15, 0.2) is 5.82 Å². The summed E-state index contributed by atoms with van der Waals surface area (Å²) in [5.41, 5.74) is 0.908. The Labute approximate surface area is 135 Å². The van der Waals surface area contributed by atoms with E-state index < -0.39 is 0 Å². The summed E-state index contributed by atoms with van der Waals surface area (Å²) in [6.07, 6.45) is 6.05. The quantitative estimate of drug-likeness (QED) is 0.841. The zero-order chi connectivity index (χ0) is 16.2. The molecule has 2 aromatic heterocycles. The number of likely N-dealkylation sites (tertiary alicyclic amines) is 1. The van der Waals surface area contributed by atoms with Crippen LogP contribution < -0.4 is 0 Å². The van der Waals surface area contributed by atoms with Crippen LogP contribution in [0.1, 0.15) is 62.5 Å². The lowest BCUT2D eigenvalue weighted by Crippen LogP contribution is -2.31. The van der Waals surface area contributed by atoms with Crippen LogP contribution in [-0.4, -0.2) is 37.5 Å². The molecule has 1 saturated heterocycles. The van der Waals surface area contributed by atoms with Crippen molar-refractivity contribution < 1.29 is 9.32 Å². The summed E-state index contributed by atoms with van der Waals surface area (Å²) in [7, 11) is 0. The first kappa shape index (κ1) is 15.6. The average molecular weight is 315 g/mol. The third-order valence-corrected chi connectivity index (χ3v) is 4.07. The third-order valence-electron chi connectivity index (χ3n) is 4.07. The van der Waals surface area contributed by atoms with Crippen LogP contribution in [0, 0.1) is 0 Å². The zero-order valence-electron chi connectivity index (χ0n) is 13.5. The monoisotopic (exact) mass is 315 g/mol. The second-order valence-corrected chi connectivity index (χ2v) is 6.08. The van der Waals surface area contributed by atoms with Crippen molar-refractivity contribution in [3.05, 3.63) is 36.0 Å². The fraction of sp³-hybridized carbons (Fsp3) is 0.562. The molecule has 0 aromatic carbocycles. The molecule has 1 unspecified atom stereocenters. The lowest BCUT2D eigenvalue weighted by atomic mass is 10.1. The summed E-state index contributed by atoms with van der Waals surface area (Å²) in [6.45, 7) is 4.79. The number of aryl methyl sites for hydroxylation is 1. The molecule has 1 atom stereocenters. The van der Waals surface area contributed by atoms with Gasteiger partial charge in [-0.15, -0.1) is 0 Å². The van der Waals surface area contributed by atoms with E-state index in [2.05, 4.69) is 20.1 Å². The van der Waals surface area contributed by atoms with E-state index in [9.17, 15) is 4.79 Å². The molecule has 7 nitrogen and oxygen atoms in total. The molecule has 7 heteroatoms.